The minimum Gasteiger partial charge on any atom is -0.479 e. The van der Waals surface area contributed by atoms with E-state index < -0.39 is 17.5 Å². The van der Waals surface area contributed by atoms with Crippen LogP contribution >= 0.6 is 15.9 Å². The van der Waals surface area contributed by atoms with E-state index in [1.54, 1.807) is 0 Å². The molecule has 2 rings (SSSR count). The number of carboxylic acids is 1. The van der Waals surface area contributed by atoms with E-state index in [9.17, 15) is 9.59 Å². The SMILES string of the molecule is O=C(O)C(O)CNC(=O)C1(c2ccc(Br)cc2)CC1. The summed E-state index contributed by atoms with van der Waals surface area (Å²) in [5.41, 5.74) is 0.358. The molecule has 0 aromatic heterocycles. The highest BCUT2D eigenvalue weighted by molar-refractivity contribution is 9.10. The molecule has 0 saturated heterocycles. The number of rotatable bonds is 5. The van der Waals surface area contributed by atoms with E-state index in [-0.39, 0.29) is 12.5 Å². The van der Waals surface area contributed by atoms with Crippen LogP contribution < -0.4 is 5.32 Å². The maximum Gasteiger partial charge on any atom is 0.334 e. The molecule has 1 amide bonds. The fourth-order valence-electron chi connectivity index (χ4n) is 1.99. The number of halogens is 1. The van der Waals surface area contributed by atoms with Crippen LogP contribution in [0, 0.1) is 0 Å². The molecule has 1 aliphatic carbocycles. The minimum atomic E-state index is -1.57. The Morgan fingerprint density at radius 2 is 1.89 bits per heavy atom. The van der Waals surface area contributed by atoms with Gasteiger partial charge in [-0.3, -0.25) is 4.79 Å². The van der Waals surface area contributed by atoms with Gasteiger partial charge in [-0.25, -0.2) is 4.79 Å². The number of amides is 1. The van der Waals surface area contributed by atoms with E-state index in [0.29, 0.717) is 0 Å². The van der Waals surface area contributed by atoms with Gasteiger partial charge in [0.1, 0.15) is 0 Å². The smallest absolute Gasteiger partial charge is 0.334 e. The summed E-state index contributed by atoms with van der Waals surface area (Å²) in [6, 6.07) is 7.50. The summed E-state index contributed by atoms with van der Waals surface area (Å²) in [6.07, 6.45) is -0.0857. The molecule has 0 radical (unpaired) electrons. The van der Waals surface area contributed by atoms with Crippen molar-refractivity contribution in [1.29, 1.82) is 0 Å². The van der Waals surface area contributed by atoms with Crippen molar-refractivity contribution in [2.75, 3.05) is 6.54 Å². The maximum atomic E-state index is 12.1. The molecule has 102 valence electrons. The van der Waals surface area contributed by atoms with E-state index in [1.165, 1.54) is 0 Å². The third-order valence-corrected chi connectivity index (χ3v) is 3.85. The monoisotopic (exact) mass is 327 g/mol. The normalized spacial score (nSPS) is 17.6. The lowest BCUT2D eigenvalue weighted by molar-refractivity contribution is -0.146. The van der Waals surface area contributed by atoms with Crippen molar-refractivity contribution < 1.29 is 19.8 Å². The molecule has 6 heteroatoms. The largest absolute Gasteiger partial charge is 0.479 e. The molecule has 1 unspecified atom stereocenters. The lowest BCUT2D eigenvalue weighted by Crippen LogP contribution is -2.41. The fraction of sp³-hybridized carbons (Fsp3) is 0.385. The van der Waals surface area contributed by atoms with Crippen LogP contribution in [0.15, 0.2) is 28.7 Å². The van der Waals surface area contributed by atoms with Gasteiger partial charge in [-0.1, -0.05) is 28.1 Å². The molecule has 1 fully saturated rings. The third kappa shape index (κ3) is 2.96. The Morgan fingerprint density at radius 3 is 2.37 bits per heavy atom. The van der Waals surface area contributed by atoms with E-state index in [0.717, 1.165) is 22.9 Å². The highest BCUT2D eigenvalue weighted by Gasteiger charge is 2.51. The standard InChI is InChI=1S/C13H14BrNO4/c14-9-3-1-8(2-4-9)13(5-6-13)12(19)15-7-10(16)11(17)18/h1-4,10,16H,5-7H2,(H,15,19)(H,17,18). The Balaban J connectivity index is 2.02. The summed E-state index contributed by atoms with van der Waals surface area (Å²) in [4.78, 5) is 22.6. The Hall–Kier alpha value is -1.40. The minimum absolute atomic E-state index is 0.227. The molecule has 0 spiro atoms. The number of aliphatic hydroxyl groups is 1. The first-order valence-electron chi connectivity index (χ1n) is 5.91. The summed E-state index contributed by atoms with van der Waals surface area (Å²) >= 11 is 3.34. The van der Waals surface area contributed by atoms with Crippen LogP contribution in [-0.4, -0.2) is 34.7 Å². The Morgan fingerprint density at radius 1 is 1.32 bits per heavy atom. The first kappa shape index (κ1) is 14.0. The molecule has 0 heterocycles. The number of carbonyl (C=O) groups is 2. The second kappa shape index (κ2) is 5.30. The van der Waals surface area contributed by atoms with Crippen molar-refractivity contribution in [3.05, 3.63) is 34.3 Å². The zero-order valence-electron chi connectivity index (χ0n) is 10.1. The van der Waals surface area contributed by atoms with Gasteiger partial charge in [0.25, 0.3) is 0 Å². The van der Waals surface area contributed by atoms with E-state index in [1.807, 2.05) is 24.3 Å². The predicted octanol–water partition coefficient (Wildman–Crippen LogP) is 1.04. The molecular formula is C13H14BrNO4. The van der Waals surface area contributed by atoms with Crippen molar-refractivity contribution in [2.24, 2.45) is 0 Å². The molecule has 0 bridgehead atoms. The lowest BCUT2D eigenvalue weighted by atomic mass is 9.95. The van der Waals surface area contributed by atoms with E-state index in [4.69, 9.17) is 10.2 Å². The van der Waals surface area contributed by atoms with Gasteiger partial charge in [0.2, 0.25) is 5.91 Å². The second-order valence-electron chi connectivity index (χ2n) is 4.65. The van der Waals surface area contributed by atoms with Crippen molar-refractivity contribution in [3.8, 4) is 0 Å². The molecule has 3 N–H and O–H groups in total. The average molecular weight is 328 g/mol. The van der Waals surface area contributed by atoms with Crippen LogP contribution in [0.25, 0.3) is 0 Å². The van der Waals surface area contributed by atoms with Crippen LogP contribution in [0.3, 0.4) is 0 Å². The summed E-state index contributed by atoms with van der Waals surface area (Å²) in [7, 11) is 0. The van der Waals surface area contributed by atoms with E-state index in [2.05, 4.69) is 21.2 Å². The summed E-state index contributed by atoms with van der Waals surface area (Å²) in [5.74, 6) is -1.57. The van der Waals surface area contributed by atoms with E-state index >= 15 is 0 Å². The van der Waals surface area contributed by atoms with Crippen LogP contribution in [0.2, 0.25) is 0 Å². The first-order chi connectivity index (χ1) is 8.95. The van der Waals surface area contributed by atoms with Crippen LogP contribution in [0.5, 0.6) is 0 Å². The fourth-order valence-corrected chi connectivity index (χ4v) is 2.25. The highest BCUT2D eigenvalue weighted by atomic mass is 79.9. The number of carbonyl (C=O) groups excluding carboxylic acids is 1. The Kier molecular flexibility index (Phi) is 3.91. The quantitative estimate of drug-likeness (QED) is 0.754. The molecule has 19 heavy (non-hydrogen) atoms. The van der Waals surface area contributed by atoms with Gasteiger partial charge >= 0.3 is 5.97 Å². The summed E-state index contributed by atoms with van der Waals surface area (Å²) in [6.45, 7) is -0.271. The second-order valence-corrected chi connectivity index (χ2v) is 5.57. The number of benzene rings is 1. The number of hydrogen-bond donors (Lipinski definition) is 3. The predicted molar refractivity (Wildman–Crippen MR) is 71.7 cm³/mol. The average Bonchev–Trinajstić information content (AvgIpc) is 3.17. The number of hydrogen-bond acceptors (Lipinski definition) is 3. The third-order valence-electron chi connectivity index (χ3n) is 3.32. The molecule has 1 aromatic carbocycles. The Bertz CT molecular complexity index is 496. The van der Waals surface area contributed by atoms with Crippen LogP contribution in [-0.2, 0) is 15.0 Å². The van der Waals surface area contributed by atoms with Crippen molar-refractivity contribution >= 4 is 27.8 Å². The number of aliphatic hydroxyl groups excluding tert-OH is 1. The molecule has 1 atom stereocenters. The van der Waals surface area contributed by atoms with Crippen molar-refractivity contribution in [2.45, 2.75) is 24.4 Å². The number of carboxylic acid groups (broad SMARTS) is 1. The topological polar surface area (TPSA) is 86.6 Å². The number of aliphatic carboxylic acids is 1. The molecule has 1 aromatic rings. The molecule has 5 nitrogen and oxygen atoms in total. The highest BCUT2D eigenvalue weighted by Crippen LogP contribution is 2.48. The zero-order valence-corrected chi connectivity index (χ0v) is 11.7. The Labute approximate surface area is 118 Å². The molecule has 1 aliphatic rings. The summed E-state index contributed by atoms with van der Waals surface area (Å²) < 4.78 is 0.939. The molecular weight excluding hydrogens is 314 g/mol. The maximum absolute atomic E-state index is 12.1. The zero-order chi connectivity index (χ0) is 14.0. The van der Waals surface area contributed by atoms with Gasteiger partial charge in [-0.05, 0) is 30.5 Å². The molecule has 1 saturated carbocycles. The van der Waals surface area contributed by atoms with Gasteiger partial charge in [0.15, 0.2) is 6.10 Å². The van der Waals surface area contributed by atoms with Crippen LogP contribution in [0.4, 0.5) is 0 Å². The van der Waals surface area contributed by atoms with Gasteiger partial charge in [0, 0.05) is 4.47 Å². The molecule has 0 aliphatic heterocycles. The van der Waals surface area contributed by atoms with Crippen LogP contribution in [0.1, 0.15) is 18.4 Å². The van der Waals surface area contributed by atoms with Gasteiger partial charge in [0.05, 0.1) is 12.0 Å². The first-order valence-corrected chi connectivity index (χ1v) is 6.70. The lowest BCUT2D eigenvalue weighted by Gasteiger charge is -2.16. The van der Waals surface area contributed by atoms with Crippen molar-refractivity contribution in [1.82, 2.24) is 5.32 Å². The van der Waals surface area contributed by atoms with Gasteiger partial charge < -0.3 is 15.5 Å². The van der Waals surface area contributed by atoms with Gasteiger partial charge in [-0.2, -0.15) is 0 Å². The number of nitrogens with one attached hydrogen (secondary N) is 1. The van der Waals surface area contributed by atoms with Gasteiger partial charge in [-0.15, -0.1) is 0 Å². The summed E-state index contributed by atoms with van der Waals surface area (Å²) in [5, 5.41) is 20.2. The van der Waals surface area contributed by atoms with Crippen molar-refractivity contribution in [3.63, 3.8) is 0 Å².